The number of piperidine rings is 1. The molecule has 5 atom stereocenters. The van der Waals surface area contributed by atoms with Crippen LogP contribution in [0.5, 0.6) is 5.75 Å². The van der Waals surface area contributed by atoms with Crippen LogP contribution in [0.3, 0.4) is 0 Å². The van der Waals surface area contributed by atoms with Crippen LogP contribution in [0.15, 0.2) is 72.8 Å². The minimum Gasteiger partial charge on any atom is -0.760 e. The third-order valence-corrected chi connectivity index (χ3v) is 10.3. The van der Waals surface area contributed by atoms with E-state index in [1.165, 1.54) is 4.31 Å². The standard InChI is InChI=1S/C34H38Cl2N2O6S/c1-34(20-31(39)40)19-29(25-6-4-7-27(36)18-25)32(24-11-13-26(35)14-12-24)38(33(34)41)30(23-9-10-23)21-37(45(42)43)16-15-22-5-3-8-28(17-22)44-2/h3-8,11-14,17-18,23,29-30,32H,9-10,15-16,19-21H2,1-2H3,(H,39,40)(H,42,43)/p-1/t29?,30?,32-,34-/m1/s1. The first-order valence-corrected chi connectivity index (χ1v) is 16.8. The Morgan fingerprint density at radius 1 is 1.09 bits per heavy atom. The second-order valence-corrected chi connectivity index (χ2v) is 14.1. The zero-order valence-corrected chi connectivity index (χ0v) is 27.6. The van der Waals surface area contributed by atoms with E-state index in [0.717, 1.165) is 29.5 Å². The van der Waals surface area contributed by atoms with Crippen LogP contribution in [0, 0.1) is 11.3 Å². The number of carbonyl (C=O) groups excluding carboxylic acids is 1. The first kappa shape index (κ1) is 33.4. The number of hydrogen-bond donors (Lipinski definition) is 1. The second kappa shape index (κ2) is 14.2. The number of carboxylic acids is 1. The summed E-state index contributed by atoms with van der Waals surface area (Å²) in [7, 11) is 1.58. The van der Waals surface area contributed by atoms with E-state index < -0.39 is 34.7 Å². The number of ether oxygens (including phenoxy) is 1. The quantitative estimate of drug-likeness (QED) is 0.204. The van der Waals surface area contributed by atoms with Crippen molar-refractivity contribution in [3.05, 3.63) is 99.5 Å². The molecule has 1 amide bonds. The highest BCUT2D eigenvalue weighted by atomic mass is 35.5. The summed E-state index contributed by atoms with van der Waals surface area (Å²) in [5.74, 6) is -0.906. The van der Waals surface area contributed by atoms with Gasteiger partial charge in [-0.3, -0.25) is 13.8 Å². The SMILES string of the molecule is COc1cccc(CCN(CC(C2CC2)N2C(=O)[C@@](C)(CC(=O)O)CC(c3cccc(Cl)c3)[C@H]2c2ccc(Cl)cc2)S(=O)[O-])c1. The van der Waals surface area contributed by atoms with Crippen molar-refractivity contribution in [2.75, 3.05) is 20.2 Å². The molecule has 0 aromatic heterocycles. The summed E-state index contributed by atoms with van der Waals surface area (Å²) in [5.41, 5.74) is 1.42. The van der Waals surface area contributed by atoms with Crippen molar-refractivity contribution in [3.8, 4) is 5.75 Å². The van der Waals surface area contributed by atoms with Gasteiger partial charge < -0.3 is 19.3 Å². The molecule has 1 N–H and O–H groups in total. The molecule has 0 bridgehead atoms. The lowest BCUT2D eigenvalue weighted by molar-refractivity contribution is -0.161. The number of nitrogens with zero attached hydrogens (tertiary/aromatic N) is 2. The highest BCUT2D eigenvalue weighted by Gasteiger charge is 2.54. The van der Waals surface area contributed by atoms with Crippen LogP contribution in [-0.4, -0.2) is 61.2 Å². The predicted molar refractivity (Wildman–Crippen MR) is 174 cm³/mol. The lowest BCUT2D eigenvalue weighted by Gasteiger charge is -2.52. The Morgan fingerprint density at radius 2 is 1.80 bits per heavy atom. The molecule has 3 aromatic carbocycles. The summed E-state index contributed by atoms with van der Waals surface area (Å²) in [6, 6.07) is 21.3. The largest absolute Gasteiger partial charge is 0.760 e. The first-order chi connectivity index (χ1) is 21.5. The van der Waals surface area contributed by atoms with Crippen LogP contribution in [0.25, 0.3) is 0 Å². The lowest BCUT2D eigenvalue weighted by Crippen LogP contribution is -2.59. The number of carbonyl (C=O) groups is 2. The Morgan fingerprint density at radius 3 is 2.42 bits per heavy atom. The number of benzene rings is 3. The Hall–Kier alpha value is -2.95. The fourth-order valence-corrected chi connectivity index (χ4v) is 7.55. The first-order valence-electron chi connectivity index (χ1n) is 15.0. The number of rotatable bonds is 13. The van der Waals surface area contributed by atoms with Crippen LogP contribution >= 0.6 is 23.2 Å². The second-order valence-electron chi connectivity index (χ2n) is 12.3. The van der Waals surface area contributed by atoms with E-state index in [2.05, 4.69) is 0 Å². The molecule has 0 spiro atoms. The van der Waals surface area contributed by atoms with Gasteiger partial charge in [0.25, 0.3) is 0 Å². The average Bonchev–Trinajstić information content (AvgIpc) is 3.84. The van der Waals surface area contributed by atoms with E-state index in [9.17, 15) is 23.5 Å². The molecule has 5 rings (SSSR count). The van der Waals surface area contributed by atoms with Crippen LogP contribution in [-0.2, 0) is 27.3 Å². The van der Waals surface area contributed by atoms with Gasteiger partial charge in [0.05, 0.1) is 25.0 Å². The van der Waals surface area contributed by atoms with Crippen LogP contribution in [0.1, 0.15) is 61.3 Å². The van der Waals surface area contributed by atoms with E-state index in [1.807, 2.05) is 59.5 Å². The Kier molecular flexibility index (Phi) is 10.6. The molecule has 2 aliphatic rings. The van der Waals surface area contributed by atoms with E-state index in [-0.39, 0.29) is 43.7 Å². The van der Waals surface area contributed by atoms with Crippen molar-refractivity contribution in [1.29, 1.82) is 0 Å². The van der Waals surface area contributed by atoms with Crippen molar-refractivity contribution in [2.24, 2.45) is 11.3 Å². The maximum Gasteiger partial charge on any atom is 0.304 e. The van der Waals surface area contributed by atoms with Crippen LogP contribution in [0.4, 0.5) is 0 Å². The molecule has 11 heteroatoms. The molecule has 0 radical (unpaired) electrons. The Balaban J connectivity index is 1.57. The molecule has 1 aliphatic carbocycles. The normalized spacial score (nSPS) is 23.2. The number of aliphatic carboxylic acids is 1. The van der Waals surface area contributed by atoms with Gasteiger partial charge in [-0.2, -0.15) is 0 Å². The van der Waals surface area contributed by atoms with Crippen molar-refractivity contribution < 1.29 is 28.2 Å². The molecular weight excluding hydrogens is 635 g/mol. The summed E-state index contributed by atoms with van der Waals surface area (Å²) in [4.78, 5) is 28.6. The molecule has 1 heterocycles. The number of likely N-dealkylation sites (tertiary alicyclic amines) is 1. The number of carboxylic acid groups (broad SMARTS) is 1. The topological polar surface area (TPSA) is 110 Å². The predicted octanol–water partition coefficient (Wildman–Crippen LogP) is 6.66. The highest BCUT2D eigenvalue weighted by molar-refractivity contribution is 7.76. The summed E-state index contributed by atoms with van der Waals surface area (Å²) >= 11 is 10.2. The van der Waals surface area contributed by atoms with Gasteiger partial charge in [-0.1, -0.05) is 66.5 Å². The van der Waals surface area contributed by atoms with Crippen molar-refractivity contribution >= 4 is 46.3 Å². The summed E-state index contributed by atoms with van der Waals surface area (Å²) in [6.07, 6.45) is 2.08. The molecule has 1 aliphatic heterocycles. The van der Waals surface area contributed by atoms with Gasteiger partial charge >= 0.3 is 5.97 Å². The van der Waals surface area contributed by atoms with Crippen molar-refractivity contribution in [1.82, 2.24) is 9.21 Å². The third-order valence-electron chi connectivity index (χ3n) is 9.04. The molecule has 8 nitrogen and oxygen atoms in total. The average molecular weight is 673 g/mol. The number of hydrogen-bond acceptors (Lipinski definition) is 5. The number of methoxy groups -OCH3 is 1. The fourth-order valence-electron chi connectivity index (χ4n) is 6.71. The van der Waals surface area contributed by atoms with Crippen LogP contribution in [0.2, 0.25) is 10.0 Å². The summed E-state index contributed by atoms with van der Waals surface area (Å²) in [6.45, 7) is 2.01. The molecule has 1 saturated carbocycles. The van der Waals surface area contributed by atoms with Crippen molar-refractivity contribution in [2.45, 2.75) is 57.0 Å². The minimum atomic E-state index is -2.56. The minimum absolute atomic E-state index is 0.0683. The Bertz CT molecular complexity index is 1550. The highest BCUT2D eigenvalue weighted by Crippen LogP contribution is 2.54. The summed E-state index contributed by atoms with van der Waals surface area (Å²) < 4.78 is 32.0. The van der Waals surface area contributed by atoms with Gasteiger partial charge in [-0.25, -0.2) is 4.31 Å². The molecule has 240 valence electrons. The maximum atomic E-state index is 14.7. The number of halogens is 2. The monoisotopic (exact) mass is 671 g/mol. The molecule has 3 unspecified atom stereocenters. The van der Waals surface area contributed by atoms with E-state index in [1.54, 1.807) is 32.2 Å². The molecule has 3 aromatic rings. The van der Waals surface area contributed by atoms with Gasteiger partial charge in [0.2, 0.25) is 5.91 Å². The molecular formula is C34H37Cl2N2O6S-. The number of amides is 1. The molecule has 45 heavy (non-hydrogen) atoms. The molecule has 1 saturated heterocycles. The van der Waals surface area contributed by atoms with Crippen molar-refractivity contribution in [3.63, 3.8) is 0 Å². The fraction of sp³-hybridized carbons (Fsp3) is 0.412. The van der Waals surface area contributed by atoms with E-state index in [4.69, 9.17) is 27.9 Å². The molecule has 2 fully saturated rings. The zero-order chi connectivity index (χ0) is 32.3. The maximum absolute atomic E-state index is 14.7. The van der Waals surface area contributed by atoms with Gasteiger partial charge in [0, 0.05) is 46.4 Å². The summed E-state index contributed by atoms with van der Waals surface area (Å²) in [5, 5.41) is 11.0. The van der Waals surface area contributed by atoms with E-state index in [0.29, 0.717) is 22.2 Å². The third kappa shape index (κ3) is 7.89. The lowest BCUT2D eigenvalue weighted by atomic mass is 9.67. The zero-order valence-electron chi connectivity index (χ0n) is 25.2. The Labute approximate surface area is 276 Å². The van der Waals surface area contributed by atoms with Gasteiger partial charge in [-0.15, -0.1) is 0 Å². The smallest absolute Gasteiger partial charge is 0.304 e. The van der Waals surface area contributed by atoms with E-state index >= 15 is 0 Å². The van der Waals surface area contributed by atoms with Gasteiger partial charge in [-0.05, 0) is 84.7 Å². The van der Waals surface area contributed by atoms with Gasteiger partial charge in [0.15, 0.2) is 0 Å². The van der Waals surface area contributed by atoms with Crippen LogP contribution < -0.4 is 4.74 Å². The van der Waals surface area contributed by atoms with Gasteiger partial charge in [0.1, 0.15) is 5.75 Å².